The number of H-pyrrole nitrogens is 1. The van der Waals surface area contributed by atoms with Crippen molar-refractivity contribution in [2.24, 2.45) is 0 Å². The Morgan fingerprint density at radius 2 is 2.17 bits per heavy atom. The lowest BCUT2D eigenvalue weighted by atomic mass is 10.2. The lowest BCUT2D eigenvalue weighted by Gasteiger charge is -2.10. The Hall–Kier alpha value is -2.64. The lowest BCUT2D eigenvalue weighted by molar-refractivity contribution is 0.0945. The second kappa shape index (κ2) is 7.76. The van der Waals surface area contributed by atoms with Crippen molar-refractivity contribution in [3.8, 4) is 16.3 Å². The summed E-state index contributed by atoms with van der Waals surface area (Å²) in [5.41, 5.74) is 2.00. The van der Waals surface area contributed by atoms with Crippen LogP contribution in [0.2, 0.25) is 0 Å². The molecule has 2 aromatic heterocycles. The number of aliphatic hydroxyl groups is 1. The first-order chi connectivity index (χ1) is 11.8. The highest BCUT2D eigenvalue weighted by Gasteiger charge is 2.12. The number of aromatic nitrogens is 2. The number of ether oxygens (including phenoxy) is 1. The monoisotopic (exact) mass is 343 g/mol. The van der Waals surface area contributed by atoms with Crippen LogP contribution in [0.3, 0.4) is 0 Å². The molecular formula is C17H17N3O3S. The summed E-state index contributed by atoms with van der Waals surface area (Å²) in [5.74, 6) is 0.388. The average Bonchev–Trinajstić information content (AvgIpc) is 3.29. The van der Waals surface area contributed by atoms with Gasteiger partial charge in [0.15, 0.2) is 5.69 Å². The summed E-state index contributed by atoms with van der Waals surface area (Å²) in [6, 6.07) is 13.0. The molecule has 0 aliphatic carbocycles. The standard InChI is InChI=1S/C17H17N3O3S/c21-7-8-23-15-5-2-1-4-12(15)11-18-17(22)14-10-13(19-20-14)16-6-3-9-24-16/h1-6,9-10,21H,7-8,11H2,(H,18,22)(H,19,20). The van der Waals surface area contributed by atoms with Crippen LogP contribution in [-0.2, 0) is 6.54 Å². The number of benzene rings is 1. The van der Waals surface area contributed by atoms with Gasteiger partial charge >= 0.3 is 0 Å². The molecule has 1 aromatic carbocycles. The minimum Gasteiger partial charge on any atom is -0.491 e. The maximum atomic E-state index is 12.3. The Bertz CT molecular complexity index is 799. The molecule has 0 aliphatic rings. The van der Waals surface area contributed by atoms with E-state index in [0.29, 0.717) is 18.0 Å². The summed E-state index contributed by atoms with van der Waals surface area (Å²) in [5, 5.41) is 20.6. The fourth-order valence-corrected chi connectivity index (χ4v) is 2.90. The number of para-hydroxylation sites is 1. The van der Waals surface area contributed by atoms with Crippen LogP contribution in [0, 0.1) is 0 Å². The molecule has 2 heterocycles. The molecule has 0 saturated heterocycles. The fourth-order valence-electron chi connectivity index (χ4n) is 2.21. The number of amides is 1. The topological polar surface area (TPSA) is 87.2 Å². The zero-order valence-electron chi connectivity index (χ0n) is 12.9. The number of nitrogens with one attached hydrogen (secondary N) is 2. The highest BCUT2D eigenvalue weighted by atomic mass is 32.1. The molecule has 0 aliphatic heterocycles. The number of hydrogen-bond acceptors (Lipinski definition) is 5. The van der Waals surface area contributed by atoms with E-state index in [-0.39, 0.29) is 19.1 Å². The first-order valence-electron chi connectivity index (χ1n) is 7.47. The van der Waals surface area contributed by atoms with Gasteiger partial charge in [-0.3, -0.25) is 9.89 Å². The smallest absolute Gasteiger partial charge is 0.272 e. The van der Waals surface area contributed by atoms with Crippen LogP contribution >= 0.6 is 11.3 Å². The van der Waals surface area contributed by atoms with E-state index in [1.807, 2.05) is 35.7 Å². The molecule has 0 saturated carbocycles. The van der Waals surface area contributed by atoms with E-state index in [4.69, 9.17) is 9.84 Å². The number of aliphatic hydroxyl groups excluding tert-OH is 1. The Morgan fingerprint density at radius 3 is 2.96 bits per heavy atom. The number of aromatic amines is 1. The third-order valence-corrected chi connectivity index (χ3v) is 4.26. The minimum absolute atomic E-state index is 0.0561. The molecule has 7 heteroatoms. The van der Waals surface area contributed by atoms with Gasteiger partial charge in [-0.05, 0) is 23.6 Å². The van der Waals surface area contributed by atoms with Crippen molar-refractivity contribution in [1.82, 2.24) is 15.5 Å². The van der Waals surface area contributed by atoms with Crippen molar-refractivity contribution >= 4 is 17.2 Å². The van der Waals surface area contributed by atoms with Gasteiger partial charge in [0.05, 0.1) is 17.2 Å². The van der Waals surface area contributed by atoms with Gasteiger partial charge in [-0.25, -0.2) is 0 Å². The van der Waals surface area contributed by atoms with Crippen molar-refractivity contribution in [3.63, 3.8) is 0 Å². The summed E-state index contributed by atoms with van der Waals surface area (Å²) in [6.07, 6.45) is 0. The highest BCUT2D eigenvalue weighted by molar-refractivity contribution is 7.13. The molecular weight excluding hydrogens is 326 g/mol. The molecule has 0 atom stereocenters. The molecule has 124 valence electrons. The first-order valence-corrected chi connectivity index (χ1v) is 8.35. The van der Waals surface area contributed by atoms with E-state index in [0.717, 1.165) is 16.1 Å². The average molecular weight is 343 g/mol. The molecule has 1 amide bonds. The van der Waals surface area contributed by atoms with Gasteiger partial charge < -0.3 is 15.2 Å². The summed E-state index contributed by atoms with van der Waals surface area (Å²) < 4.78 is 5.46. The van der Waals surface area contributed by atoms with Gasteiger partial charge in [-0.1, -0.05) is 24.3 Å². The lowest BCUT2D eigenvalue weighted by Crippen LogP contribution is -2.23. The third kappa shape index (κ3) is 3.81. The van der Waals surface area contributed by atoms with E-state index >= 15 is 0 Å². The molecule has 3 aromatic rings. The molecule has 24 heavy (non-hydrogen) atoms. The van der Waals surface area contributed by atoms with Gasteiger partial charge in [0, 0.05) is 12.1 Å². The third-order valence-electron chi connectivity index (χ3n) is 3.36. The van der Waals surface area contributed by atoms with Crippen LogP contribution in [0.1, 0.15) is 16.1 Å². The van der Waals surface area contributed by atoms with E-state index in [2.05, 4.69) is 15.5 Å². The second-order valence-corrected chi connectivity index (χ2v) is 5.95. The maximum absolute atomic E-state index is 12.3. The predicted molar refractivity (Wildman–Crippen MR) is 92.1 cm³/mol. The first kappa shape index (κ1) is 16.2. The SMILES string of the molecule is O=C(NCc1ccccc1OCCO)c1cc(-c2cccs2)[nH]n1. The minimum atomic E-state index is -0.258. The van der Waals surface area contributed by atoms with Crippen LogP contribution in [0.25, 0.3) is 10.6 Å². The number of hydrogen-bond donors (Lipinski definition) is 3. The highest BCUT2D eigenvalue weighted by Crippen LogP contribution is 2.23. The summed E-state index contributed by atoms with van der Waals surface area (Å²) >= 11 is 1.58. The van der Waals surface area contributed by atoms with Crippen molar-refractivity contribution in [2.75, 3.05) is 13.2 Å². The number of carbonyl (C=O) groups excluding carboxylic acids is 1. The molecule has 6 nitrogen and oxygen atoms in total. The second-order valence-electron chi connectivity index (χ2n) is 5.01. The zero-order chi connectivity index (χ0) is 16.8. The maximum Gasteiger partial charge on any atom is 0.272 e. The van der Waals surface area contributed by atoms with Crippen molar-refractivity contribution < 1.29 is 14.6 Å². The van der Waals surface area contributed by atoms with Gasteiger partial charge in [0.25, 0.3) is 5.91 Å². The van der Waals surface area contributed by atoms with Gasteiger partial charge in [-0.2, -0.15) is 5.10 Å². The quantitative estimate of drug-likeness (QED) is 0.615. The van der Waals surface area contributed by atoms with Gasteiger partial charge in [-0.15, -0.1) is 11.3 Å². The number of carbonyl (C=O) groups is 1. The Kier molecular flexibility index (Phi) is 5.25. The van der Waals surface area contributed by atoms with Crippen LogP contribution in [0.5, 0.6) is 5.75 Å². The van der Waals surface area contributed by atoms with E-state index in [9.17, 15) is 4.79 Å². The Labute approximate surface area is 143 Å². The molecule has 3 rings (SSSR count). The van der Waals surface area contributed by atoms with E-state index < -0.39 is 0 Å². The van der Waals surface area contributed by atoms with Crippen molar-refractivity contribution in [1.29, 1.82) is 0 Å². The van der Waals surface area contributed by atoms with Crippen LogP contribution in [0.4, 0.5) is 0 Å². The Balaban J connectivity index is 1.64. The molecule has 0 unspecified atom stereocenters. The van der Waals surface area contributed by atoms with Crippen LogP contribution in [-0.4, -0.2) is 34.4 Å². The van der Waals surface area contributed by atoms with Crippen LogP contribution < -0.4 is 10.1 Å². The Morgan fingerprint density at radius 1 is 1.29 bits per heavy atom. The molecule has 0 radical (unpaired) electrons. The number of thiophene rings is 1. The number of nitrogens with zero attached hydrogens (tertiary/aromatic N) is 1. The molecule has 0 spiro atoms. The normalized spacial score (nSPS) is 10.5. The predicted octanol–water partition coefficient (Wildman–Crippen LogP) is 2.44. The van der Waals surface area contributed by atoms with E-state index in [1.54, 1.807) is 23.5 Å². The summed E-state index contributed by atoms with van der Waals surface area (Å²) in [6.45, 7) is 0.482. The van der Waals surface area contributed by atoms with Gasteiger partial charge in [0.1, 0.15) is 12.4 Å². The van der Waals surface area contributed by atoms with Crippen molar-refractivity contribution in [2.45, 2.75) is 6.54 Å². The zero-order valence-corrected chi connectivity index (χ0v) is 13.7. The number of rotatable bonds is 7. The van der Waals surface area contributed by atoms with Gasteiger partial charge in [0.2, 0.25) is 0 Å². The fraction of sp³-hybridized carbons (Fsp3) is 0.176. The van der Waals surface area contributed by atoms with Crippen LogP contribution in [0.15, 0.2) is 47.8 Å². The summed E-state index contributed by atoms with van der Waals surface area (Å²) in [7, 11) is 0. The molecule has 0 fully saturated rings. The largest absolute Gasteiger partial charge is 0.491 e. The van der Waals surface area contributed by atoms with Crippen molar-refractivity contribution in [3.05, 3.63) is 59.1 Å². The molecule has 3 N–H and O–H groups in total. The summed E-state index contributed by atoms with van der Waals surface area (Å²) in [4.78, 5) is 13.3. The van der Waals surface area contributed by atoms with E-state index in [1.165, 1.54) is 0 Å². The molecule has 0 bridgehead atoms.